The lowest BCUT2D eigenvalue weighted by Crippen LogP contribution is -2.15. The third kappa shape index (κ3) is 7.08. The Bertz CT molecular complexity index is 1020. The van der Waals surface area contributed by atoms with Gasteiger partial charge in [0.15, 0.2) is 0 Å². The van der Waals surface area contributed by atoms with E-state index in [9.17, 15) is 9.59 Å². The summed E-state index contributed by atoms with van der Waals surface area (Å²) in [7, 11) is 0. The molecule has 0 spiro atoms. The van der Waals surface area contributed by atoms with Crippen molar-refractivity contribution in [2.45, 2.75) is 11.8 Å². The molecule has 0 aliphatic rings. The minimum absolute atomic E-state index is 0.126. The van der Waals surface area contributed by atoms with Crippen LogP contribution in [-0.4, -0.2) is 23.8 Å². The zero-order valence-electron chi connectivity index (χ0n) is 19.2. The number of rotatable bonds is 8. The fourth-order valence-electron chi connectivity index (χ4n) is 3.94. The average Bonchev–Trinajstić information content (AvgIpc) is 2.91. The molecule has 0 atom stereocenters. The van der Waals surface area contributed by atoms with E-state index >= 15 is 0 Å². The van der Waals surface area contributed by atoms with Crippen LogP contribution in [0.3, 0.4) is 0 Å². The van der Waals surface area contributed by atoms with Gasteiger partial charge in [-0.25, -0.2) is 9.59 Å². The predicted molar refractivity (Wildman–Crippen MR) is 140 cm³/mol. The second-order valence-corrected chi connectivity index (χ2v) is 8.84. The van der Waals surface area contributed by atoms with E-state index in [0.29, 0.717) is 11.8 Å². The van der Waals surface area contributed by atoms with Gasteiger partial charge in [-0.15, -0.1) is 0 Å². The Morgan fingerprint density at radius 1 is 0.486 bits per heavy atom. The summed E-state index contributed by atoms with van der Waals surface area (Å²) in [4.78, 5) is 24.9. The van der Waals surface area contributed by atoms with Gasteiger partial charge in [0.05, 0.1) is 11.8 Å². The van der Waals surface area contributed by atoms with Crippen LogP contribution >= 0.6 is 11.8 Å². The van der Waals surface area contributed by atoms with Crippen LogP contribution in [0.4, 0.5) is 9.59 Å². The molecule has 0 saturated heterocycles. The molecule has 35 heavy (non-hydrogen) atoms. The van der Waals surface area contributed by atoms with Crippen molar-refractivity contribution in [3.8, 4) is 0 Å². The molecule has 0 fully saturated rings. The van der Waals surface area contributed by atoms with E-state index in [2.05, 4.69) is 0 Å². The van der Waals surface area contributed by atoms with Gasteiger partial charge < -0.3 is 9.47 Å². The first kappa shape index (κ1) is 24.3. The standard InChI is InChI=1S/C30H26O4S/c31-29(33-21-27(23-13-5-1-6-14-23)24-15-7-2-8-16-24)35-30(32)34-22-28(25-17-9-3-10-18-25)26-19-11-4-12-20-26/h1-20,27-28H,21-22H2. The van der Waals surface area contributed by atoms with Crippen LogP contribution in [0.1, 0.15) is 34.1 Å². The molecule has 0 amide bonds. The van der Waals surface area contributed by atoms with E-state index in [1.807, 2.05) is 121 Å². The van der Waals surface area contributed by atoms with Crippen molar-refractivity contribution in [3.05, 3.63) is 144 Å². The Balaban J connectivity index is 1.35. The first-order chi connectivity index (χ1) is 17.2. The SMILES string of the molecule is O=C(OCC(c1ccccc1)c1ccccc1)SC(=O)OCC(c1ccccc1)c1ccccc1. The summed E-state index contributed by atoms with van der Waals surface area (Å²) in [5.41, 5.74) is 4.14. The third-order valence-electron chi connectivity index (χ3n) is 5.71. The van der Waals surface area contributed by atoms with Gasteiger partial charge >= 0.3 is 10.6 Å². The maximum absolute atomic E-state index is 12.4. The van der Waals surface area contributed by atoms with Crippen molar-refractivity contribution in [1.29, 1.82) is 0 Å². The van der Waals surface area contributed by atoms with Gasteiger partial charge in [-0.1, -0.05) is 121 Å². The van der Waals surface area contributed by atoms with E-state index in [-0.39, 0.29) is 25.0 Å². The Hall–Kier alpha value is -3.83. The molecule has 0 aliphatic heterocycles. The summed E-state index contributed by atoms with van der Waals surface area (Å²) in [6.07, 6.45) is 0. The van der Waals surface area contributed by atoms with Gasteiger partial charge in [0.1, 0.15) is 13.2 Å². The van der Waals surface area contributed by atoms with E-state index in [1.54, 1.807) is 0 Å². The number of thioether (sulfide) groups is 1. The molecule has 0 saturated carbocycles. The molecule has 0 radical (unpaired) electrons. The van der Waals surface area contributed by atoms with Crippen LogP contribution in [0.15, 0.2) is 121 Å². The summed E-state index contributed by atoms with van der Waals surface area (Å²) < 4.78 is 11.0. The van der Waals surface area contributed by atoms with E-state index < -0.39 is 10.6 Å². The van der Waals surface area contributed by atoms with Crippen LogP contribution in [0.5, 0.6) is 0 Å². The summed E-state index contributed by atoms with van der Waals surface area (Å²) in [6, 6.07) is 39.4. The van der Waals surface area contributed by atoms with Crippen LogP contribution in [0.2, 0.25) is 0 Å². The van der Waals surface area contributed by atoms with Crippen LogP contribution < -0.4 is 0 Å². The summed E-state index contributed by atoms with van der Waals surface area (Å²) >= 11 is 0.442. The van der Waals surface area contributed by atoms with Crippen molar-refractivity contribution in [1.82, 2.24) is 0 Å². The lowest BCUT2D eigenvalue weighted by molar-refractivity contribution is 0.165. The van der Waals surface area contributed by atoms with Gasteiger partial charge in [-0.05, 0) is 22.3 Å². The number of benzene rings is 4. The summed E-state index contributed by atoms with van der Waals surface area (Å²) in [6.45, 7) is 0.258. The molecule has 0 N–H and O–H groups in total. The predicted octanol–water partition coefficient (Wildman–Crippen LogP) is 7.66. The Kier molecular flexibility index (Phi) is 8.74. The Labute approximate surface area is 209 Å². The molecule has 176 valence electrons. The minimum Gasteiger partial charge on any atom is -0.456 e. The maximum atomic E-state index is 12.4. The smallest absolute Gasteiger partial charge is 0.378 e. The maximum Gasteiger partial charge on any atom is 0.378 e. The fourth-order valence-corrected chi connectivity index (χ4v) is 4.33. The number of hydrogen-bond acceptors (Lipinski definition) is 5. The van der Waals surface area contributed by atoms with Crippen LogP contribution in [0, 0.1) is 0 Å². The van der Waals surface area contributed by atoms with E-state index in [4.69, 9.17) is 9.47 Å². The molecule has 0 aliphatic carbocycles. The Morgan fingerprint density at radius 3 is 1.00 bits per heavy atom. The highest BCUT2D eigenvalue weighted by molar-refractivity contribution is 8.25. The van der Waals surface area contributed by atoms with Crippen molar-refractivity contribution < 1.29 is 19.1 Å². The second-order valence-electron chi connectivity index (χ2n) is 7.97. The second kappa shape index (κ2) is 12.6. The molecule has 4 rings (SSSR count). The van der Waals surface area contributed by atoms with Crippen LogP contribution in [0.25, 0.3) is 0 Å². The molecule has 0 bridgehead atoms. The zero-order valence-corrected chi connectivity index (χ0v) is 20.0. The van der Waals surface area contributed by atoms with Gasteiger partial charge in [0, 0.05) is 11.8 Å². The number of carbonyl (C=O) groups is 2. The monoisotopic (exact) mass is 482 g/mol. The van der Waals surface area contributed by atoms with Gasteiger partial charge in [0.25, 0.3) is 0 Å². The van der Waals surface area contributed by atoms with E-state index in [0.717, 1.165) is 22.3 Å². The van der Waals surface area contributed by atoms with Crippen LogP contribution in [-0.2, 0) is 9.47 Å². The highest BCUT2D eigenvalue weighted by atomic mass is 32.2. The highest BCUT2D eigenvalue weighted by Crippen LogP contribution is 2.27. The largest absolute Gasteiger partial charge is 0.456 e. The third-order valence-corrected chi connectivity index (χ3v) is 6.28. The summed E-state index contributed by atoms with van der Waals surface area (Å²) in [5.74, 6) is -0.253. The molecule has 4 aromatic rings. The first-order valence-electron chi connectivity index (χ1n) is 11.4. The quantitative estimate of drug-likeness (QED) is 0.241. The van der Waals surface area contributed by atoms with Crippen molar-refractivity contribution in [3.63, 3.8) is 0 Å². The lowest BCUT2D eigenvalue weighted by atomic mass is 9.92. The van der Waals surface area contributed by atoms with Gasteiger partial charge in [-0.2, -0.15) is 0 Å². The molecule has 4 aromatic carbocycles. The molecular weight excluding hydrogens is 456 g/mol. The number of carbonyl (C=O) groups excluding carboxylic acids is 2. The number of ether oxygens (including phenoxy) is 2. The topological polar surface area (TPSA) is 52.6 Å². The lowest BCUT2D eigenvalue weighted by Gasteiger charge is -2.19. The average molecular weight is 483 g/mol. The molecular formula is C30H26O4S. The van der Waals surface area contributed by atoms with Crippen molar-refractivity contribution >= 4 is 22.4 Å². The molecule has 5 heteroatoms. The van der Waals surface area contributed by atoms with Gasteiger partial charge in [0.2, 0.25) is 0 Å². The molecule has 0 heterocycles. The van der Waals surface area contributed by atoms with Crippen molar-refractivity contribution in [2.75, 3.05) is 13.2 Å². The minimum atomic E-state index is -0.678. The Morgan fingerprint density at radius 2 is 0.743 bits per heavy atom. The zero-order chi connectivity index (χ0) is 24.3. The fraction of sp³-hybridized carbons (Fsp3) is 0.133. The van der Waals surface area contributed by atoms with E-state index in [1.165, 1.54) is 0 Å². The normalized spacial score (nSPS) is 10.8. The first-order valence-corrected chi connectivity index (χ1v) is 12.2. The van der Waals surface area contributed by atoms with Crippen molar-refractivity contribution in [2.24, 2.45) is 0 Å². The number of hydrogen-bond donors (Lipinski definition) is 0. The van der Waals surface area contributed by atoms with Gasteiger partial charge in [-0.3, -0.25) is 0 Å². The summed E-state index contributed by atoms with van der Waals surface area (Å²) in [5, 5.41) is -1.36. The molecule has 0 unspecified atom stereocenters. The molecule has 0 aromatic heterocycles. The molecule has 4 nitrogen and oxygen atoms in total. The highest BCUT2D eigenvalue weighted by Gasteiger charge is 2.21.